The summed E-state index contributed by atoms with van der Waals surface area (Å²) in [5.41, 5.74) is 0. The number of aromatic hydroxyl groups is 1. The molecule has 0 spiro atoms. The van der Waals surface area contributed by atoms with Gasteiger partial charge in [-0.1, -0.05) is 15.9 Å². The van der Waals surface area contributed by atoms with Gasteiger partial charge in [-0.3, -0.25) is 0 Å². The van der Waals surface area contributed by atoms with Gasteiger partial charge in [0.15, 0.2) is 0 Å². The predicted molar refractivity (Wildman–Crippen MR) is 50.7 cm³/mol. The van der Waals surface area contributed by atoms with Crippen molar-refractivity contribution in [2.45, 2.75) is 0 Å². The van der Waals surface area contributed by atoms with Crippen LogP contribution in [0.1, 0.15) is 0 Å². The molecule has 50 valence electrons. The molecule has 0 aliphatic rings. The Bertz CT molecular complexity index is 227. The van der Waals surface area contributed by atoms with Crippen LogP contribution in [0.2, 0.25) is 0 Å². The van der Waals surface area contributed by atoms with E-state index in [9.17, 15) is 0 Å². The molecule has 0 heterocycles. The fourth-order valence-corrected chi connectivity index (χ4v) is 1.08. The Labute approximate surface area is 98.4 Å². The average Bonchev–Trinajstić information content (AvgIpc) is 1.80. The second-order valence-electron chi connectivity index (χ2n) is 1.60. The molecule has 0 saturated heterocycles. The Morgan fingerprint density at radius 2 is 1.80 bits per heavy atom. The maximum atomic E-state index is 9.02. The van der Waals surface area contributed by atoms with Crippen LogP contribution in [0.5, 0.6) is 5.75 Å². The summed E-state index contributed by atoms with van der Waals surface area (Å²) >= 11 is 6.37. The summed E-state index contributed by atoms with van der Waals surface area (Å²) in [6.07, 6.45) is 0. The second kappa shape index (κ2) is 4.78. The normalized spacial score (nSPS) is 8.60. The van der Waals surface area contributed by atoms with Crippen molar-refractivity contribution in [3.05, 3.63) is 27.1 Å². The molecule has 0 atom stereocenters. The molecule has 1 rings (SSSR count). The first-order valence-corrected chi connectivity index (χ1v) is 3.93. The van der Waals surface area contributed by atoms with E-state index in [-0.39, 0.29) is 35.3 Å². The van der Waals surface area contributed by atoms with Crippen LogP contribution in [0, 0.1) is 0 Å². The van der Waals surface area contributed by atoms with E-state index in [0.29, 0.717) is 4.47 Å². The molecule has 0 saturated carbocycles. The zero-order valence-corrected chi connectivity index (χ0v) is 7.61. The summed E-state index contributed by atoms with van der Waals surface area (Å²) in [4.78, 5) is 0. The molecule has 1 N–H and O–H groups in total. The van der Waals surface area contributed by atoms with Gasteiger partial charge in [-0.2, -0.15) is 0 Å². The molecule has 0 aliphatic heterocycles. The first-order chi connectivity index (χ1) is 4.20. The summed E-state index contributed by atoms with van der Waals surface area (Å²) in [6, 6.07) is 5.26. The van der Waals surface area contributed by atoms with Gasteiger partial charge in [0.05, 0.1) is 4.47 Å². The van der Waals surface area contributed by atoms with Gasteiger partial charge in [-0.25, -0.2) is 0 Å². The van der Waals surface area contributed by atoms with Crippen molar-refractivity contribution in [1.82, 2.24) is 0 Å². The van der Waals surface area contributed by atoms with Crippen molar-refractivity contribution in [2.75, 3.05) is 0 Å². The fourth-order valence-electron chi connectivity index (χ4n) is 0.486. The van der Waals surface area contributed by atoms with Gasteiger partial charge in [0.25, 0.3) is 0 Å². The zero-order chi connectivity index (χ0) is 6.85. The SMILES string of the molecule is Oc1cc(Br)ccc1Br.[NaH]. The number of phenols is 1. The van der Waals surface area contributed by atoms with Crippen LogP contribution in [0.4, 0.5) is 0 Å². The van der Waals surface area contributed by atoms with Crippen molar-refractivity contribution < 1.29 is 5.11 Å². The van der Waals surface area contributed by atoms with Crippen LogP contribution < -0.4 is 0 Å². The summed E-state index contributed by atoms with van der Waals surface area (Å²) in [7, 11) is 0. The molecule has 1 nitrogen and oxygen atoms in total. The Hall–Kier alpha value is 0.980. The molecule has 0 amide bonds. The van der Waals surface area contributed by atoms with E-state index in [1.165, 1.54) is 0 Å². The van der Waals surface area contributed by atoms with Crippen LogP contribution >= 0.6 is 31.9 Å². The van der Waals surface area contributed by atoms with E-state index in [0.717, 1.165) is 4.47 Å². The molecule has 0 radical (unpaired) electrons. The first kappa shape index (κ1) is 11.0. The number of phenolic OH excluding ortho intramolecular Hbond substituents is 1. The first-order valence-electron chi connectivity index (χ1n) is 2.34. The van der Waals surface area contributed by atoms with E-state index >= 15 is 0 Å². The van der Waals surface area contributed by atoms with E-state index in [4.69, 9.17) is 5.11 Å². The number of benzene rings is 1. The quantitative estimate of drug-likeness (QED) is 0.721. The molecule has 4 heteroatoms. The van der Waals surface area contributed by atoms with E-state index in [2.05, 4.69) is 31.9 Å². The average molecular weight is 276 g/mol. The number of halogens is 2. The standard InChI is InChI=1S/C6H4Br2O.Na.H/c7-4-1-2-5(8)6(9)3-4;;/h1-3,9H;;. The Kier molecular flexibility index (Phi) is 5.24. The molecule has 1 aromatic rings. The summed E-state index contributed by atoms with van der Waals surface area (Å²) in [5.74, 6) is 0.254. The zero-order valence-electron chi connectivity index (χ0n) is 4.44. The molecule has 0 fully saturated rings. The molecule has 0 aliphatic carbocycles. The van der Waals surface area contributed by atoms with Crippen LogP contribution in [-0.2, 0) is 0 Å². The topological polar surface area (TPSA) is 20.2 Å². The molecular formula is C6H5Br2NaO. The van der Waals surface area contributed by atoms with Gasteiger partial charge >= 0.3 is 29.6 Å². The van der Waals surface area contributed by atoms with E-state index in [1.807, 2.05) is 6.07 Å². The van der Waals surface area contributed by atoms with Crippen LogP contribution in [-0.4, -0.2) is 34.7 Å². The molecule has 0 unspecified atom stereocenters. The van der Waals surface area contributed by atoms with Crippen molar-refractivity contribution in [3.8, 4) is 5.75 Å². The summed E-state index contributed by atoms with van der Waals surface area (Å²) in [6.45, 7) is 0. The monoisotopic (exact) mass is 274 g/mol. The Morgan fingerprint density at radius 3 is 2.20 bits per heavy atom. The minimum absolute atomic E-state index is 0. The number of hydrogen-bond acceptors (Lipinski definition) is 1. The Balaban J connectivity index is 0.000000810. The fraction of sp³-hybridized carbons (Fsp3) is 0. The summed E-state index contributed by atoms with van der Waals surface area (Å²) in [5, 5.41) is 9.02. The van der Waals surface area contributed by atoms with Gasteiger partial charge in [0.1, 0.15) is 5.75 Å². The minimum atomic E-state index is 0. The summed E-state index contributed by atoms with van der Waals surface area (Å²) < 4.78 is 1.59. The predicted octanol–water partition coefficient (Wildman–Crippen LogP) is 2.27. The second-order valence-corrected chi connectivity index (χ2v) is 3.37. The van der Waals surface area contributed by atoms with Crippen LogP contribution in [0.15, 0.2) is 27.1 Å². The van der Waals surface area contributed by atoms with Gasteiger partial charge in [-0.05, 0) is 34.1 Å². The van der Waals surface area contributed by atoms with Crippen molar-refractivity contribution in [2.24, 2.45) is 0 Å². The van der Waals surface area contributed by atoms with Crippen molar-refractivity contribution in [1.29, 1.82) is 0 Å². The third-order valence-corrected chi connectivity index (χ3v) is 2.07. The van der Waals surface area contributed by atoms with Crippen LogP contribution in [0.3, 0.4) is 0 Å². The molecule has 1 aromatic carbocycles. The van der Waals surface area contributed by atoms with Gasteiger partial charge in [-0.15, -0.1) is 0 Å². The van der Waals surface area contributed by atoms with Gasteiger partial charge in [0, 0.05) is 4.47 Å². The molecule has 10 heavy (non-hydrogen) atoms. The Morgan fingerprint density at radius 1 is 1.20 bits per heavy atom. The van der Waals surface area contributed by atoms with E-state index in [1.54, 1.807) is 12.1 Å². The van der Waals surface area contributed by atoms with Crippen molar-refractivity contribution >= 4 is 61.4 Å². The number of rotatable bonds is 0. The third kappa shape index (κ3) is 2.93. The van der Waals surface area contributed by atoms with Crippen molar-refractivity contribution in [3.63, 3.8) is 0 Å². The maximum absolute atomic E-state index is 9.02. The van der Waals surface area contributed by atoms with Gasteiger partial charge in [0.2, 0.25) is 0 Å². The van der Waals surface area contributed by atoms with E-state index < -0.39 is 0 Å². The molecule has 0 bridgehead atoms. The molecular weight excluding hydrogens is 271 g/mol. The molecule has 0 aromatic heterocycles. The number of hydrogen-bond donors (Lipinski definition) is 1. The van der Waals surface area contributed by atoms with Crippen LogP contribution in [0.25, 0.3) is 0 Å². The third-order valence-electron chi connectivity index (χ3n) is 0.908. The van der Waals surface area contributed by atoms with Gasteiger partial charge < -0.3 is 5.11 Å².